The van der Waals surface area contributed by atoms with Crippen LogP contribution in [-0.2, 0) is 0 Å². The van der Waals surface area contributed by atoms with E-state index in [0.29, 0.717) is 18.0 Å². The van der Waals surface area contributed by atoms with Gasteiger partial charge in [-0.05, 0) is 24.3 Å². The van der Waals surface area contributed by atoms with Crippen LogP contribution in [0.4, 0.5) is 5.69 Å². The molecule has 1 aliphatic rings. The monoisotopic (exact) mass is 408 g/mol. The van der Waals surface area contributed by atoms with Gasteiger partial charge in [0.15, 0.2) is 0 Å². The number of halogens is 1. The lowest BCUT2D eigenvalue weighted by atomic mass is 10.1. The van der Waals surface area contributed by atoms with Crippen LogP contribution in [-0.4, -0.2) is 42.2 Å². The summed E-state index contributed by atoms with van der Waals surface area (Å²) in [5.74, 6) is 1.74. The Morgan fingerprint density at radius 1 is 1.26 bits per heavy atom. The molecule has 0 aliphatic carbocycles. The maximum Gasteiger partial charge on any atom is 0.288 e. The van der Waals surface area contributed by atoms with E-state index in [-0.39, 0.29) is 27.6 Å². The molecular formula is C18H17ClN2O5S. The van der Waals surface area contributed by atoms with Crippen molar-refractivity contribution >= 4 is 35.0 Å². The topological polar surface area (TPSA) is 81.9 Å². The number of carbonyl (C=O) groups is 1. The van der Waals surface area contributed by atoms with Crippen molar-refractivity contribution in [2.75, 3.05) is 26.5 Å². The predicted octanol–water partition coefficient (Wildman–Crippen LogP) is 4.15. The first-order valence-corrected chi connectivity index (χ1v) is 9.47. The highest BCUT2D eigenvalue weighted by Crippen LogP contribution is 2.43. The molecule has 1 heterocycles. The fourth-order valence-electron chi connectivity index (χ4n) is 2.91. The summed E-state index contributed by atoms with van der Waals surface area (Å²) in [5.41, 5.74) is 0.789. The van der Waals surface area contributed by atoms with Gasteiger partial charge in [-0.3, -0.25) is 14.9 Å². The zero-order valence-electron chi connectivity index (χ0n) is 14.7. The van der Waals surface area contributed by atoms with E-state index in [2.05, 4.69) is 0 Å². The molecule has 0 aromatic heterocycles. The Morgan fingerprint density at radius 3 is 2.70 bits per heavy atom. The van der Waals surface area contributed by atoms with E-state index in [1.807, 2.05) is 12.1 Å². The summed E-state index contributed by atoms with van der Waals surface area (Å²) in [6, 6.07) is 9.54. The molecule has 0 N–H and O–H groups in total. The lowest BCUT2D eigenvalue weighted by Gasteiger charge is -2.25. The Labute approximate surface area is 165 Å². The van der Waals surface area contributed by atoms with Gasteiger partial charge in [0.05, 0.1) is 19.1 Å². The number of nitrogens with zero attached hydrogens (tertiary/aromatic N) is 2. The lowest BCUT2D eigenvalue weighted by Crippen LogP contribution is -2.30. The van der Waals surface area contributed by atoms with Gasteiger partial charge in [0.2, 0.25) is 0 Å². The van der Waals surface area contributed by atoms with E-state index in [4.69, 9.17) is 21.1 Å². The van der Waals surface area contributed by atoms with E-state index < -0.39 is 4.92 Å². The highest BCUT2D eigenvalue weighted by Gasteiger charge is 2.34. The highest BCUT2D eigenvalue weighted by molar-refractivity contribution is 7.99. The van der Waals surface area contributed by atoms with Gasteiger partial charge < -0.3 is 14.4 Å². The van der Waals surface area contributed by atoms with Crippen LogP contribution in [0.5, 0.6) is 11.5 Å². The van der Waals surface area contributed by atoms with Gasteiger partial charge in [0.25, 0.3) is 11.6 Å². The van der Waals surface area contributed by atoms with Crippen molar-refractivity contribution in [2.45, 2.75) is 5.37 Å². The second kappa shape index (κ2) is 8.06. The van der Waals surface area contributed by atoms with Crippen LogP contribution < -0.4 is 9.47 Å². The quantitative estimate of drug-likeness (QED) is 0.546. The van der Waals surface area contributed by atoms with Crippen LogP contribution in [0, 0.1) is 10.1 Å². The second-order valence-corrected chi connectivity index (χ2v) is 7.35. The first-order valence-electron chi connectivity index (χ1n) is 8.04. The lowest BCUT2D eigenvalue weighted by molar-refractivity contribution is -0.384. The van der Waals surface area contributed by atoms with Crippen molar-refractivity contribution in [3.8, 4) is 11.5 Å². The Kier molecular flexibility index (Phi) is 5.76. The first kappa shape index (κ1) is 19.3. The van der Waals surface area contributed by atoms with Gasteiger partial charge in [-0.15, -0.1) is 11.8 Å². The van der Waals surface area contributed by atoms with Crippen LogP contribution >= 0.6 is 23.4 Å². The minimum Gasteiger partial charge on any atom is -0.497 e. The molecule has 1 unspecified atom stereocenters. The molecule has 0 radical (unpaired) electrons. The number of thioether (sulfide) groups is 1. The average molecular weight is 409 g/mol. The largest absolute Gasteiger partial charge is 0.497 e. The average Bonchev–Trinajstić information content (AvgIpc) is 3.16. The van der Waals surface area contributed by atoms with Gasteiger partial charge in [-0.2, -0.15) is 0 Å². The van der Waals surface area contributed by atoms with Crippen molar-refractivity contribution in [1.82, 2.24) is 4.90 Å². The van der Waals surface area contributed by atoms with E-state index in [1.165, 1.54) is 18.2 Å². The molecule has 1 saturated heterocycles. The zero-order valence-corrected chi connectivity index (χ0v) is 16.2. The Hall–Kier alpha value is -2.45. The zero-order chi connectivity index (χ0) is 19.6. The van der Waals surface area contributed by atoms with Crippen LogP contribution in [0.15, 0.2) is 36.4 Å². The van der Waals surface area contributed by atoms with E-state index in [9.17, 15) is 14.9 Å². The highest BCUT2D eigenvalue weighted by atomic mass is 35.5. The molecule has 2 aromatic carbocycles. The van der Waals surface area contributed by atoms with Crippen molar-refractivity contribution in [1.29, 1.82) is 0 Å². The van der Waals surface area contributed by atoms with Crippen LogP contribution in [0.3, 0.4) is 0 Å². The third-order valence-corrected chi connectivity index (χ3v) is 5.81. The number of hydrogen-bond donors (Lipinski definition) is 0. The Morgan fingerprint density at radius 2 is 2.04 bits per heavy atom. The summed E-state index contributed by atoms with van der Waals surface area (Å²) in [6.07, 6.45) is 0. The summed E-state index contributed by atoms with van der Waals surface area (Å²) in [4.78, 5) is 25.2. The van der Waals surface area contributed by atoms with Crippen LogP contribution in [0.25, 0.3) is 0 Å². The van der Waals surface area contributed by atoms with Gasteiger partial charge in [0, 0.05) is 35.6 Å². The van der Waals surface area contributed by atoms with Crippen LogP contribution in [0.1, 0.15) is 21.3 Å². The number of ether oxygens (including phenoxy) is 2. The van der Waals surface area contributed by atoms with Gasteiger partial charge in [0.1, 0.15) is 21.9 Å². The SMILES string of the molecule is COc1ccc(C2SCCN2C(=O)c2ccc(Cl)c([N+](=O)[O-])c2)c(OC)c1. The molecular weight excluding hydrogens is 392 g/mol. The number of carbonyl (C=O) groups excluding carboxylic acids is 1. The molecule has 2 aromatic rings. The van der Waals surface area contributed by atoms with Gasteiger partial charge in [-0.1, -0.05) is 11.6 Å². The predicted molar refractivity (Wildman–Crippen MR) is 104 cm³/mol. The molecule has 1 atom stereocenters. The smallest absolute Gasteiger partial charge is 0.288 e. The number of benzene rings is 2. The summed E-state index contributed by atoms with van der Waals surface area (Å²) < 4.78 is 10.7. The summed E-state index contributed by atoms with van der Waals surface area (Å²) in [7, 11) is 3.13. The van der Waals surface area contributed by atoms with Gasteiger partial charge in [-0.25, -0.2) is 0 Å². The van der Waals surface area contributed by atoms with Crippen molar-refractivity contribution in [3.63, 3.8) is 0 Å². The number of methoxy groups -OCH3 is 2. The number of nitro benzene ring substituents is 1. The maximum atomic E-state index is 13.0. The number of nitro groups is 1. The number of amides is 1. The molecule has 7 nitrogen and oxygen atoms in total. The molecule has 0 spiro atoms. The van der Waals surface area contributed by atoms with Crippen molar-refractivity contribution in [3.05, 3.63) is 62.7 Å². The number of rotatable bonds is 5. The fraction of sp³-hybridized carbons (Fsp3) is 0.278. The molecule has 0 bridgehead atoms. The van der Waals surface area contributed by atoms with Gasteiger partial charge >= 0.3 is 0 Å². The molecule has 1 amide bonds. The first-order chi connectivity index (χ1) is 13.0. The fourth-order valence-corrected chi connectivity index (χ4v) is 4.38. The molecule has 0 saturated carbocycles. The third kappa shape index (κ3) is 3.81. The number of hydrogen-bond acceptors (Lipinski definition) is 6. The Balaban J connectivity index is 1.94. The summed E-state index contributed by atoms with van der Waals surface area (Å²) in [6.45, 7) is 0.528. The van der Waals surface area contributed by atoms with Crippen molar-refractivity contribution < 1.29 is 19.2 Å². The van der Waals surface area contributed by atoms with Crippen molar-refractivity contribution in [2.24, 2.45) is 0 Å². The molecule has 1 aliphatic heterocycles. The minimum absolute atomic E-state index is 0.000667. The van der Waals surface area contributed by atoms with E-state index >= 15 is 0 Å². The standard InChI is InChI=1S/C18H17ClN2O5S/c1-25-12-4-5-13(16(10-12)26-2)18-20(7-8-27-18)17(22)11-3-6-14(19)15(9-11)21(23)24/h3-6,9-10,18H,7-8H2,1-2H3. The van der Waals surface area contributed by atoms with E-state index in [0.717, 1.165) is 11.3 Å². The molecule has 27 heavy (non-hydrogen) atoms. The minimum atomic E-state index is -0.595. The van der Waals surface area contributed by atoms with E-state index in [1.54, 1.807) is 36.9 Å². The summed E-state index contributed by atoms with van der Waals surface area (Å²) in [5, 5.41) is 10.9. The molecule has 142 valence electrons. The normalized spacial score (nSPS) is 16.3. The van der Waals surface area contributed by atoms with Crippen LogP contribution in [0.2, 0.25) is 5.02 Å². The summed E-state index contributed by atoms with van der Waals surface area (Å²) >= 11 is 7.46. The second-order valence-electron chi connectivity index (χ2n) is 5.75. The molecule has 9 heteroatoms. The molecule has 3 rings (SSSR count). The molecule has 1 fully saturated rings. The Bertz CT molecular complexity index is 892. The third-order valence-electron chi connectivity index (χ3n) is 4.25. The maximum absolute atomic E-state index is 13.0.